The maximum Gasteiger partial charge on any atom is 0.263 e. The summed E-state index contributed by atoms with van der Waals surface area (Å²) in [5, 5.41) is 3.40. The predicted molar refractivity (Wildman–Crippen MR) is 121 cm³/mol. The number of para-hydroxylation sites is 2. The molecule has 0 saturated heterocycles. The Morgan fingerprint density at radius 2 is 1.47 bits per heavy atom. The average Bonchev–Trinajstić information content (AvgIpc) is 2.79. The molecule has 4 rings (SSSR count). The SMILES string of the molecule is CCc1cccc(CC)c1NC(=O)c1c(-c2ccccc2)oc2ccccc2c1=O. The summed E-state index contributed by atoms with van der Waals surface area (Å²) in [6, 6.07) is 22.3. The second-order valence-corrected chi connectivity index (χ2v) is 7.11. The molecule has 0 bridgehead atoms. The summed E-state index contributed by atoms with van der Waals surface area (Å²) in [6.45, 7) is 4.09. The molecular formula is C26H23NO3. The van der Waals surface area contributed by atoms with Gasteiger partial charge in [-0.2, -0.15) is 0 Å². The summed E-state index contributed by atoms with van der Waals surface area (Å²) in [5.74, 6) is -0.173. The zero-order chi connectivity index (χ0) is 21.1. The van der Waals surface area contributed by atoms with Crippen LogP contribution in [-0.4, -0.2) is 5.91 Å². The van der Waals surface area contributed by atoms with Gasteiger partial charge in [-0.05, 0) is 36.1 Å². The van der Waals surface area contributed by atoms with Crippen molar-refractivity contribution in [1.82, 2.24) is 0 Å². The molecular weight excluding hydrogens is 374 g/mol. The molecule has 1 aromatic heterocycles. The summed E-state index contributed by atoms with van der Waals surface area (Å²) in [4.78, 5) is 26.8. The first-order chi connectivity index (χ1) is 14.6. The third kappa shape index (κ3) is 3.52. The van der Waals surface area contributed by atoms with Gasteiger partial charge in [-0.3, -0.25) is 9.59 Å². The number of amides is 1. The number of nitrogens with one attached hydrogen (secondary N) is 1. The minimum absolute atomic E-state index is 0.0212. The molecule has 1 amide bonds. The third-order valence-electron chi connectivity index (χ3n) is 5.30. The van der Waals surface area contributed by atoms with Gasteiger partial charge in [-0.15, -0.1) is 0 Å². The molecule has 3 aromatic carbocycles. The lowest BCUT2D eigenvalue weighted by molar-refractivity contribution is 0.102. The average molecular weight is 397 g/mol. The van der Waals surface area contributed by atoms with Crippen LogP contribution in [-0.2, 0) is 12.8 Å². The minimum Gasteiger partial charge on any atom is -0.455 e. The van der Waals surface area contributed by atoms with E-state index in [0.29, 0.717) is 16.5 Å². The van der Waals surface area contributed by atoms with Crippen molar-refractivity contribution in [1.29, 1.82) is 0 Å². The zero-order valence-corrected chi connectivity index (χ0v) is 17.1. The van der Waals surface area contributed by atoms with Crippen molar-refractivity contribution in [2.24, 2.45) is 0 Å². The molecule has 0 radical (unpaired) electrons. The molecule has 150 valence electrons. The molecule has 0 spiro atoms. The predicted octanol–water partition coefficient (Wildman–Crippen LogP) is 5.84. The fraction of sp³-hybridized carbons (Fsp3) is 0.154. The lowest BCUT2D eigenvalue weighted by atomic mass is 10.0. The zero-order valence-electron chi connectivity index (χ0n) is 17.1. The van der Waals surface area contributed by atoms with Crippen molar-refractivity contribution < 1.29 is 9.21 Å². The van der Waals surface area contributed by atoms with Gasteiger partial charge in [0, 0.05) is 11.3 Å². The molecule has 0 saturated carbocycles. The highest BCUT2D eigenvalue weighted by Gasteiger charge is 2.23. The Balaban J connectivity index is 1.91. The smallest absolute Gasteiger partial charge is 0.263 e. The van der Waals surface area contributed by atoms with Crippen LogP contribution in [0.1, 0.15) is 35.3 Å². The Morgan fingerprint density at radius 3 is 2.13 bits per heavy atom. The number of hydrogen-bond acceptors (Lipinski definition) is 3. The maximum atomic E-state index is 13.4. The number of fused-ring (bicyclic) bond motifs is 1. The lowest BCUT2D eigenvalue weighted by Crippen LogP contribution is -2.24. The molecule has 0 aliphatic heterocycles. The topological polar surface area (TPSA) is 59.3 Å². The Hall–Kier alpha value is -3.66. The Bertz CT molecular complexity index is 1250. The maximum absolute atomic E-state index is 13.4. The first-order valence-electron chi connectivity index (χ1n) is 10.2. The molecule has 4 heteroatoms. The largest absolute Gasteiger partial charge is 0.455 e. The highest BCUT2D eigenvalue weighted by atomic mass is 16.3. The van der Waals surface area contributed by atoms with Crippen molar-refractivity contribution in [3.63, 3.8) is 0 Å². The van der Waals surface area contributed by atoms with E-state index in [2.05, 4.69) is 5.32 Å². The number of hydrogen-bond donors (Lipinski definition) is 1. The van der Waals surface area contributed by atoms with Crippen molar-refractivity contribution in [3.8, 4) is 11.3 Å². The monoisotopic (exact) mass is 397 g/mol. The van der Waals surface area contributed by atoms with Gasteiger partial charge >= 0.3 is 0 Å². The van der Waals surface area contributed by atoms with Gasteiger partial charge in [0.2, 0.25) is 5.43 Å². The summed E-state index contributed by atoms with van der Waals surface area (Å²) >= 11 is 0. The van der Waals surface area contributed by atoms with Crippen LogP contribution in [0.25, 0.3) is 22.3 Å². The van der Waals surface area contributed by atoms with E-state index in [1.165, 1.54) is 0 Å². The Labute approximate surface area is 175 Å². The van der Waals surface area contributed by atoms with Gasteiger partial charge in [-0.1, -0.05) is 74.5 Å². The van der Waals surface area contributed by atoms with Crippen LogP contribution in [0.3, 0.4) is 0 Å². The fourth-order valence-corrected chi connectivity index (χ4v) is 3.72. The van der Waals surface area contributed by atoms with Crippen molar-refractivity contribution in [2.75, 3.05) is 5.32 Å². The molecule has 0 unspecified atom stereocenters. The summed E-state index contributed by atoms with van der Waals surface area (Å²) < 4.78 is 6.07. The third-order valence-corrected chi connectivity index (χ3v) is 5.30. The number of carbonyl (C=O) groups excluding carboxylic acids is 1. The summed E-state index contributed by atoms with van der Waals surface area (Å²) in [5.41, 5.74) is 3.68. The van der Waals surface area contributed by atoms with E-state index in [4.69, 9.17) is 4.42 Å². The van der Waals surface area contributed by atoms with E-state index in [9.17, 15) is 9.59 Å². The first-order valence-corrected chi connectivity index (χ1v) is 10.2. The number of carbonyl (C=O) groups is 1. The van der Waals surface area contributed by atoms with Crippen LogP contribution >= 0.6 is 0 Å². The van der Waals surface area contributed by atoms with E-state index in [1.54, 1.807) is 18.2 Å². The first kappa shape index (κ1) is 19.6. The normalized spacial score (nSPS) is 10.9. The minimum atomic E-state index is -0.455. The van der Waals surface area contributed by atoms with Crippen LogP contribution in [0, 0.1) is 0 Å². The van der Waals surface area contributed by atoms with E-state index < -0.39 is 5.91 Å². The van der Waals surface area contributed by atoms with Crippen LogP contribution in [0.5, 0.6) is 0 Å². The number of rotatable bonds is 5. The summed E-state index contributed by atoms with van der Waals surface area (Å²) in [7, 11) is 0. The highest BCUT2D eigenvalue weighted by molar-refractivity contribution is 6.10. The van der Waals surface area contributed by atoms with Crippen LogP contribution < -0.4 is 10.7 Å². The molecule has 1 heterocycles. The summed E-state index contributed by atoms with van der Waals surface area (Å²) in [6.07, 6.45) is 1.56. The highest BCUT2D eigenvalue weighted by Crippen LogP contribution is 2.28. The van der Waals surface area contributed by atoms with Gasteiger partial charge < -0.3 is 9.73 Å². The van der Waals surface area contributed by atoms with Crippen LogP contribution in [0.2, 0.25) is 0 Å². The molecule has 30 heavy (non-hydrogen) atoms. The fourth-order valence-electron chi connectivity index (χ4n) is 3.72. The van der Waals surface area contributed by atoms with E-state index >= 15 is 0 Å². The van der Waals surface area contributed by atoms with Crippen molar-refractivity contribution >= 4 is 22.6 Å². The van der Waals surface area contributed by atoms with Gasteiger partial charge in [-0.25, -0.2) is 0 Å². The quantitative estimate of drug-likeness (QED) is 0.460. The number of benzene rings is 3. The van der Waals surface area contributed by atoms with Crippen LogP contribution in [0.4, 0.5) is 5.69 Å². The number of anilines is 1. The van der Waals surface area contributed by atoms with Gasteiger partial charge in [0.1, 0.15) is 11.1 Å². The lowest BCUT2D eigenvalue weighted by Gasteiger charge is -2.16. The molecule has 1 N–H and O–H groups in total. The van der Waals surface area contributed by atoms with E-state index in [0.717, 1.165) is 29.7 Å². The van der Waals surface area contributed by atoms with Crippen molar-refractivity contribution in [3.05, 3.63) is 99.7 Å². The molecule has 4 nitrogen and oxygen atoms in total. The van der Waals surface area contributed by atoms with E-state index in [1.807, 2.05) is 68.4 Å². The van der Waals surface area contributed by atoms with Crippen molar-refractivity contribution in [2.45, 2.75) is 26.7 Å². The molecule has 4 aromatic rings. The standard InChI is InChI=1S/C26H23NO3/c1-3-17-13-10-14-18(4-2)23(17)27-26(29)22-24(28)20-15-8-9-16-21(20)30-25(22)19-11-6-5-7-12-19/h5-16H,3-4H2,1-2H3,(H,27,29). The van der Waals surface area contributed by atoms with Crippen LogP contribution in [0.15, 0.2) is 82.0 Å². The van der Waals surface area contributed by atoms with Gasteiger partial charge in [0.05, 0.1) is 5.39 Å². The number of aryl methyl sites for hydroxylation is 2. The van der Waals surface area contributed by atoms with Gasteiger partial charge in [0.25, 0.3) is 5.91 Å². The Morgan fingerprint density at radius 1 is 0.833 bits per heavy atom. The Kier molecular flexibility index (Phi) is 5.48. The second kappa shape index (κ2) is 8.37. The molecule has 0 aliphatic carbocycles. The van der Waals surface area contributed by atoms with E-state index in [-0.39, 0.29) is 16.8 Å². The molecule has 0 fully saturated rings. The second-order valence-electron chi connectivity index (χ2n) is 7.11. The molecule has 0 aliphatic rings. The van der Waals surface area contributed by atoms with Gasteiger partial charge in [0.15, 0.2) is 5.76 Å². The molecule has 0 atom stereocenters.